The third-order valence-corrected chi connectivity index (χ3v) is 9.51. The van der Waals surface area contributed by atoms with Crippen molar-refractivity contribution in [2.24, 2.45) is 11.8 Å². The molecular weight excluding hydrogens is 492 g/mol. The van der Waals surface area contributed by atoms with E-state index in [1.54, 1.807) is 13.0 Å². The van der Waals surface area contributed by atoms with Crippen molar-refractivity contribution in [3.63, 3.8) is 0 Å². The standard InChI is InChI=1S/C32H30N2O5/c1-31-26(35)17-32(39-31,15-16-38-25-12-6-9-19-7-3-5-11-22(19)25)28-27(31)29(36)34(30(28)37)24-14-13-20-8-2-4-10-21(20)23(24)18-33/h2,4,6,8-10,12-14,26-28,35H,3,5,7,11,15-17H2,1H3. The summed E-state index contributed by atoms with van der Waals surface area (Å²) in [6.07, 6.45) is 4.12. The zero-order valence-electron chi connectivity index (χ0n) is 21.9. The third-order valence-electron chi connectivity index (χ3n) is 9.51. The van der Waals surface area contributed by atoms with Crippen molar-refractivity contribution in [3.05, 3.63) is 71.3 Å². The number of anilines is 1. The quantitative estimate of drug-likeness (QED) is 0.497. The summed E-state index contributed by atoms with van der Waals surface area (Å²) in [5, 5.41) is 22.7. The van der Waals surface area contributed by atoms with Crippen LogP contribution in [-0.2, 0) is 27.2 Å². The molecule has 7 rings (SSSR count). The molecule has 7 nitrogen and oxygen atoms in total. The lowest BCUT2D eigenvalue weighted by Gasteiger charge is -2.33. The number of nitriles is 1. The summed E-state index contributed by atoms with van der Waals surface area (Å²) in [6, 6.07) is 19.3. The molecule has 1 aliphatic carbocycles. The molecule has 3 aliphatic heterocycles. The second-order valence-corrected chi connectivity index (χ2v) is 11.5. The van der Waals surface area contributed by atoms with Crippen LogP contribution in [0, 0.1) is 23.2 Å². The lowest BCUT2D eigenvalue weighted by molar-refractivity contribution is -0.134. The summed E-state index contributed by atoms with van der Waals surface area (Å²) in [5.41, 5.74) is 0.969. The number of hydrogen-bond acceptors (Lipinski definition) is 6. The summed E-state index contributed by atoms with van der Waals surface area (Å²) < 4.78 is 12.7. The van der Waals surface area contributed by atoms with Gasteiger partial charge in [-0.25, -0.2) is 4.90 Å². The number of aliphatic hydroxyl groups excluding tert-OH is 1. The maximum Gasteiger partial charge on any atom is 0.240 e. The fraction of sp³-hybridized carbons (Fsp3) is 0.406. The van der Waals surface area contributed by atoms with Crippen molar-refractivity contribution in [1.82, 2.24) is 0 Å². The van der Waals surface area contributed by atoms with E-state index in [0.717, 1.165) is 30.4 Å². The normalized spacial score (nSPS) is 30.9. The number of aliphatic hydroxyl groups is 1. The van der Waals surface area contributed by atoms with Gasteiger partial charge in [-0.3, -0.25) is 9.59 Å². The Hall–Kier alpha value is -3.73. The number of rotatable bonds is 5. The molecule has 39 heavy (non-hydrogen) atoms. The molecule has 3 saturated heterocycles. The molecule has 198 valence electrons. The molecule has 3 fully saturated rings. The minimum Gasteiger partial charge on any atom is -0.493 e. The highest BCUT2D eigenvalue weighted by molar-refractivity contribution is 6.24. The number of hydrogen-bond donors (Lipinski definition) is 1. The Kier molecular flexibility index (Phi) is 5.39. The highest BCUT2D eigenvalue weighted by atomic mass is 16.6. The maximum absolute atomic E-state index is 14.1. The number of nitrogens with zero attached hydrogens (tertiary/aromatic N) is 2. The van der Waals surface area contributed by atoms with E-state index in [9.17, 15) is 20.0 Å². The van der Waals surface area contributed by atoms with Gasteiger partial charge < -0.3 is 14.6 Å². The highest BCUT2D eigenvalue weighted by Crippen LogP contribution is 2.62. The maximum atomic E-state index is 14.1. The molecule has 0 aromatic heterocycles. The Morgan fingerprint density at radius 1 is 1.05 bits per heavy atom. The zero-order valence-corrected chi connectivity index (χ0v) is 21.9. The topological polar surface area (TPSA) is 99.9 Å². The van der Waals surface area contributed by atoms with Gasteiger partial charge in [0.25, 0.3) is 0 Å². The third kappa shape index (κ3) is 3.35. The first-order chi connectivity index (χ1) is 18.9. The predicted molar refractivity (Wildman–Crippen MR) is 144 cm³/mol. The molecule has 0 saturated carbocycles. The molecular formula is C32H30N2O5. The summed E-state index contributed by atoms with van der Waals surface area (Å²) in [5.74, 6) is -1.49. The van der Waals surface area contributed by atoms with Gasteiger partial charge in [-0.1, -0.05) is 42.5 Å². The van der Waals surface area contributed by atoms with Gasteiger partial charge in [-0.15, -0.1) is 0 Å². The van der Waals surface area contributed by atoms with Crippen molar-refractivity contribution >= 4 is 28.3 Å². The van der Waals surface area contributed by atoms with Gasteiger partial charge in [-0.05, 0) is 61.3 Å². The molecule has 1 N–H and O–H groups in total. The van der Waals surface area contributed by atoms with Crippen molar-refractivity contribution in [3.8, 4) is 11.8 Å². The van der Waals surface area contributed by atoms with Gasteiger partial charge in [0.2, 0.25) is 11.8 Å². The molecule has 0 radical (unpaired) electrons. The molecule has 2 amide bonds. The Morgan fingerprint density at radius 2 is 1.85 bits per heavy atom. The van der Waals surface area contributed by atoms with Crippen LogP contribution >= 0.6 is 0 Å². The largest absolute Gasteiger partial charge is 0.493 e. The molecule has 3 aromatic rings. The average molecular weight is 523 g/mol. The monoisotopic (exact) mass is 522 g/mol. The van der Waals surface area contributed by atoms with Gasteiger partial charge in [0.15, 0.2) is 0 Å². The van der Waals surface area contributed by atoms with Crippen LogP contribution in [0.4, 0.5) is 5.69 Å². The summed E-state index contributed by atoms with van der Waals surface area (Å²) in [6.45, 7) is 2.04. The molecule has 5 atom stereocenters. The van der Waals surface area contributed by atoms with E-state index in [1.807, 2.05) is 42.5 Å². The van der Waals surface area contributed by atoms with Crippen LogP contribution in [-0.4, -0.2) is 40.8 Å². The molecule has 7 heteroatoms. The first-order valence-corrected chi connectivity index (χ1v) is 13.8. The average Bonchev–Trinajstić information content (AvgIpc) is 3.48. The number of benzene rings is 3. The number of carbonyl (C=O) groups is 2. The van der Waals surface area contributed by atoms with E-state index < -0.39 is 35.0 Å². The first kappa shape index (κ1) is 24.3. The summed E-state index contributed by atoms with van der Waals surface area (Å²) in [4.78, 5) is 29.1. The molecule has 4 aliphatic rings. The fourth-order valence-corrected chi connectivity index (χ4v) is 7.64. The first-order valence-electron chi connectivity index (χ1n) is 13.8. The lowest BCUT2D eigenvalue weighted by Crippen LogP contribution is -2.49. The van der Waals surface area contributed by atoms with Gasteiger partial charge in [-0.2, -0.15) is 5.26 Å². The molecule has 0 spiro atoms. The minimum atomic E-state index is -1.18. The van der Waals surface area contributed by atoms with Gasteiger partial charge >= 0.3 is 0 Å². The van der Waals surface area contributed by atoms with Crippen LogP contribution in [0.1, 0.15) is 49.3 Å². The molecule has 5 unspecified atom stereocenters. The number of imide groups is 1. The smallest absolute Gasteiger partial charge is 0.240 e. The van der Waals surface area contributed by atoms with Gasteiger partial charge in [0.1, 0.15) is 17.4 Å². The van der Waals surface area contributed by atoms with Gasteiger partial charge in [0.05, 0.1) is 41.4 Å². The van der Waals surface area contributed by atoms with Crippen molar-refractivity contribution in [1.29, 1.82) is 5.26 Å². The van der Waals surface area contributed by atoms with Crippen LogP contribution < -0.4 is 9.64 Å². The molecule has 2 bridgehead atoms. The molecule has 3 heterocycles. The van der Waals surface area contributed by atoms with E-state index in [-0.39, 0.29) is 12.3 Å². The Balaban J connectivity index is 1.21. The van der Waals surface area contributed by atoms with Crippen LogP contribution in [0.5, 0.6) is 5.75 Å². The predicted octanol–water partition coefficient (Wildman–Crippen LogP) is 4.46. The number of ether oxygens (including phenoxy) is 2. The van der Waals surface area contributed by atoms with E-state index in [4.69, 9.17) is 9.47 Å². The SMILES string of the molecule is CC12OC(CCOc3cccc4c3CCCC4)(CC1O)C1C(=O)N(c3ccc4ccccc4c3C#N)C(=O)C12. The number of amides is 2. The van der Waals surface area contributed by atoms with Crippen molar-refractivity contribution < 1.29 is 24.2 Å². The van der Waals surface area contributed by atoms with E-state index >= 15 is 0 Å². The Bertz CT molecular complexity index is 1580. The summed E-state index contributed by atoms with van der Waals surface area (Å²) in [7, 11) is 0. The van der Waals surface area contributed by atoms with Crippen molar-refractivity contribution in [2.45, 2.75) is 62.8 Å². The molecule has 3 aromatic carbocycles. The second kappa shape index (κ2) is 8.64. The minimum absolute atomic E-state index is 0.261. The number of carbonyl (C=O) groups excluding carboxylic acids is 2. The van der Waals surface area contributed by atoms with E-state index in [1.165, 1.54) is 22.4 Å². The second-order valence-electron chi connectivity index (χ2n) is 11.5. The summed E-state index contributed by atoms with van der Waals surface area (Å²) >= 11 is 0. The number of fused-ring (bicyclic) bond motifs is 7. The van der Waals surface area contributed by atoms with Crippen LogP contribution in [0.25, 0.3) is 10.8 Å². The van der Waals surface area contributed by atoms with Crippen LogP contribution in [0.15, 0.2) is 54.6 Å². The Morgan fingerprint density at radius 3 is 2.69 bits per heavy atom. The van der Waals surface area contributed by atoms with Gasteiger partial charge in [0, 0.05) is 18.2 Å². The van der Waals surface area contributed by atoms with Crippen molar-refractivity contribution in [2.75, 3.05) is 11.5 Å². The Labute approximate surface area is 226 Å². The fourth-order valence-electron chi connectivity index (χ4n) is 7.64. The van der Waals surface area contributed by atoms with Crippen LogP contribution in [0.2, 0.25) is 0 Å². The zero-order chi connectivity index (χ0) is 26.9. The van der Waals surface area contributed by atoms with Crippen LogP contribution in [0.3, 0.4) is 0 Å². The van der Waals surface area contributed by atoms with E-state index in [0.29, 0.717) is 29.7 Å². The number of aryl methyl sites for hydroxylation is 1. The highest BCUT2D eigenvalue weighted by Gasteiger charge is 2.77. The van der Waals surface area contributed by atoms with E-state index in [2.05, 4.69) is 12.1 Å². The lowest BCUT2D eigenvalue weighted by atomic mass is 9.66.